The summed E-state index contributed by atoms with van der Waals surface area (Å²) in [5, 5.41) is 13.1. The molecule has 0 aliphatic carbocycles. The fourth-order valence-corrected chi connectivity index (χ4v) is 2.40. The summed E-state index contributed by atoms with van der Waals surface area (Å²) in [7, 11) is 0. The van der Waals surface area contributed by atoms with Crippen LogP contribution in [0.5, 0.6) is 17.2 Å². The lowest BCUT2D eigenvalue weighted by molar-refractivity contribution is 0.277. The highest BCUT2D eigenvalue weighted by Crippen LogP contribution is 2.37. The Hall–Kier alpha value is -2.07. The van der Waals surface area contributed by atoms with Gasteiger partial charge in [-0.2, -0.15) is 0 Å². The van der Waals surface area contributed by atoms with Crippen LogP contribution in [0.3, 0.4) is 0 Å². The van der Waals surface area contributed by atoms with E-state index >= 15 is 0 Å². The fraction of sp³-hybridized carbons (Fsp3) is 0.333. The van der Waals surface area contributed by atoms with Crippen molar-refractivity contribution in [3.63, 3.8) is 0 Å². The largest absolute Gasteiger partial charge is 0.508 e. The van der Waals surface area contributed by atoms with Crippen molar-refractivity contribution in [2.75, 3.05) is 18.5 Å². The van der Waals surface area contributed by atoms with Crippen molar-refractivity contribution in [3.8, 4) is 17.2 Å². The molecule has 0 fully saturated rings. The van der Waals surface area contributed by atoms with Crippen LogP contribution in [-0.4, -0.2) is 18.3 Å². The predicted molar refractivity (Wildman–Crippen MR) is 93.8 cm³/mol. The summed E-state index contributed by atoms with van der Waals surface area (Å²) < 4.78 is 11.3. The van der Waals surface area contributed by atoms with Crippen molar-refractivity contribution < 1.29 is 14.6 Å². The molecule has 0 bridgehead atoms. The first kappa shape index (κ1) is 17.3. The van der Waals surface area contributed by atoms with Crippen LogP contribution in [0.15, 0.2) is 36.4 Å². The lowest BCUT2D eigenvalue weighted by atomic mass is 10.2. The molecule has 2 rings (SSSR count). The first-order valence-electron chi connectivity index (χ1n) is 7.75. The zero-order chi connectivity index (χ0) is 16.7. The summed E-state index contributed by atoms with van der Waals surface area (Å²) in [6, 6.07) is 10.7. The Kier molecular flexibility index (Phi) is 6.41. The zero-order valence-electron chi connectivity index (χ0n) is 13.4. The molecule has 2 N–H and O–H groups in total. The van der Waals surface area contributed by atoms with E-state index < -0.39 is 0 Å². The van der Waals surface area contributed by atoms with E-state index in [9.17, 15) is 5.11 Å². The van der Waals surface area contributed by atoms with Gasteiger partial charge in [-0.05, 0) is 55.3 Å². The molecule has 124 valence electrons. The number of phenolic OH excluding ortho intramolecular Hbond substituents is 1. The van der Waals surface area contributed by atoms with Crippen molar-refractivity contribution in [2.24, 2.45) is 0 Å². The molecule has 5 heteroatoms. The van der Waals surface area contributed by atoms with Crippen LogP contribution >= 0.6 is 11.6 Å². The molecular formula is C18H22ClNO3. The smallest absolute Gasteiger partial charge is 0.179 e. The maximum absolute atomic E-state index is 9.30. The van der Waals surface area contributed by atoms with Gasteiger partial charge in [0.05, 0.1) is 18.2 Å². The van der Waals surface area contributed by atoms with E-state index in [2.05, 4.69) is 5.32 Å². The second-order valence-electron chi connectivity index (χ2n) is 5.09. The van der Waals surface area contributed by atoms with Gasteiger partial charge in [0.15, 0.2) is 11.5 Å². The van der Waals surface area contributed by atoms with Crippen LogP contribution in [0.1, 0.15) is 25.8 Å². The molecule has 0 saturated heterocycles. The number of hydrogen-bond donors (Lipinski definition) is 2. The molecule has 0 aliphatic heterocycles. The molecule has 0 spiro atoms. The Labute approximate surface area is 142 Å². The fourth-order valence-electron chi connectivity index (χ4n) is 2.11. The van der Waals surface area contributed by atoms with Gasteiger partial charge >= 0.3 is 0 Å². The minimum absolute atomic E-state index is 0.245. The van der Waals surface area contributed by atoms with E-state index in [1.54, 1.807) is 12.1 Å². The number of benzene rings is 2. The van der Waals surface area contributed by atoms with Gasteiger partial charge in [0.2, 0.25) is 0 Å². The average Bonchev–Trinajstić information content (AvgIpc) is 2.54. The third kappa shape index (κ3) is 4.96. The van der Waals surface area contributed by atoms with Gasteiger partial charge < -0.3 is 19.9 Å². The third-order valence-corrected chi connectivity index (χ3v) is 3.46. The van der Waals surface area contributed by atoms with Crippen LogP contribution < -0.4 is 14.8 Å². The second kappa shape index (κ2) is 8.53. The monoisotopic (exact) mass is 335 g/mol. The Morgan fingerprint density at radius 2 is 1.83 bits per heavy atom. The standard InChI is InChI=1S/C18H22ClNO3/c1-3-9-23-18-16(19)10-13(11-17(18)22-4-2)12-20-14-5-7-15(21)8-6-14/h5-8,10-11,20-21H,3-4,9,12H2,1-2H3. The molecule has 4 nitrogen and oxygen atoms in total. The quantitative estimate of drug-likeness (QED) is 0.677. The highest BCUT2D eigenvalue weighted by Gasteiger charge is 2.12. The second-order valence-corrected chi connectivity index (χ2v) is 5.49. The molecule has 0 aliphatic rings. The number of nitrogens with one attached hydrogen (secondary N) is 1. The molecule has 0 unspecified atom stereocenters. The molecule has 2 aromatic carbocycles. The van der Waals surface area contributed by atoms with Crippen LogP contribution in [-0.2, 0) is 6.54 Å². The molecule has 23 heavy (non-hydrogen) atoms. The Morgan fingerprint density at radius 3 is 2.48 bits per heavy atom. The molecule has 0 amide bonds. The van der Waals surface area contributed by atoms with Crippen molar-refractivity contribution in [1.29, 1.82) is 0 Å². The van der Waals surface area contributed by atoms with Crippen molar-refractivity contribution >= 4 is 17.3 Å². The zero-order valence-corrected chi connectivity index (χ0v) is 14.2. The van der Waals surface area contributed by atoms with Crippen LogP contribution in [0.2, 0.25) is 5.02 Å². The Balaban J connectivity index is 2.13. The number of anilines is 1. The van der Waals surface area contributed by atoms with Gasteiger partial charge in [-0.3, -0.25) is 0 Å². The number of rotatable bonds is 8. The topological polar surface area (TPSA) is 50.7 Å². The normalized spacial score (nSPS) is 10.4. The van der Waals surface area contributed by atoms with E-state index in [4.69, 9.17) is 21.1 Å². The summed E-state index contributed by atoms with van der Waals surface area (Å²) in [6.45, 7) is 5.72. The molecule has 0 aromatic heterocycles. The molecule has 0 radical (unpaired) electrons. The van der Waals surface area contributed by atoms with Crippen LogP contribution in [0.4, 0.5) is 5.69 Å². The van der Waals surface area contributed by atoms with E-state index in [1.165, 1.54) is 0 Å². The predicted octanol–water partition coefficient (Wildman–Crippen LogP) is 4.85. The summed E-state index contributed by atoms with van der Waals surface area (Å²) in [5.74, 6) is 1.51. The summed E-state index contributed by atoms with van der Waals surface area (Å²) in [5.41, 5.74) is 1.92. The van der Waals surface area contributed by atoms with E-state index in [-0.39, 0.29) is 5.75 Å². The molecule has 0 atom stereocenters. The van der Waals surface area contributed by atoms with Gasteiger partial charge in [-0.25, -0.2) is 0 Å². The minimum atomic E-state index is 0.245. The van der Waals surface area contributed by atoms with Crippen molar-refractivity contribution in [1.82, 2.24) is 0 Å². The van der Waals surface area contributed by atoms with E-state index in [0.29, 0.717) is 36.3 Å². The van der Waals surface area contributed by atoms with Crippen LogP contribution in [0, 0.1) is 0 Å². The van der Waals surface area contributed by atoms with Crippen LogP contribution in [0.25, 0.3) is 0 Å². The number of hydrogen-bond acceptors (Lipinski definition) is 4. The number of phenols is 1. The van der Waals surface area contributed by atoms with Gasteiger partial charge in [-0.1, -0.05) is 18.5 Å². The summed E-state index contributed by atoms with van der Waals surface area (Å²) >= 11 is 6.34. The third-order valence-electron chi connectivity index (χ3n) is 3.18. The minimum Gasteiger partial charge on any atom is -0.508 e. The molecule has 0 heterocycles. The molecule has 2 aromatic rings. The number of halogens is 1. The first-order valence-corrected chi connectivity index (χ1v) is 8.12. The van der Waals surface area contributed by atoms with Gasteiger partial charge in [0.1, 0.15) is 5.75 Å². The van der Waals surface area contributed by atoms with E-state index in [0.717, 1.165) is 17.7 Å². The van der Waals surface area contributed by atoms with E-state index in [1.807, 2.05) is 38.1 Å². The maximum Gasteiger partial charge on any atom is 0.179 e. The Bertz CT molecular complexity index is 629. The molecular weight excluding hydrogens is 314 g/mol. The Morgan fingerprint density at radius 1 is 1.09 bits per heavy atom. The number of aromatic hydroxyl groups is 1. The average molecular weight is 336 g/mol. The highest BCUT2D eigenvalue weighted by molar-refractivity contribution is 6.32. The van der Waals surface area contributed by atoms with Crippen molar-refractivity contribution in [3.05, 3.63) is 47.0 Å². The highest BCUT2D eigenvalue weighted by atomic mass is 35.5. The summed E-state index contributed by atoms with van der Waals surface area (Å²) in [6.07, 6.45) is 0.909. The van der Waals surface area contributed by atoms with Gasteiger partial charge in [0.25, 0.3) is 0 Å². The first-order chi connectivity index (χ1) is 11.1. The van der Waals surface area contributed by atoms with Gasteiger partial charge in [-0.15, -0.1) is 0 Å². The maximum atomic E-state index is 9.30. The van der Waals surface area contributed by atoms with Crippen molar-refractivity contribution in [2.45, 2.75) is 26.8 Å². The van der Waals surface area contributed by atoms with Gasteiger partial charge in [0, 0.05) is 12.2 Å². The summed E-state index contributed by atoms with van der Waals surface area (Å²) in [4.78, 5) is 0. The molecule has 0 saturated carbocycles. The number of ether oxygens (including phenoxy) is 2. The lowest BCUT2D eigenvalue weighted by Gasteiger charge is -2.15. The SMILES string of the molecule is CCCOc1c(Cl)cc(CNc2ccc(O)cc2)cc1OCC. The lowest BCUT2D eigenvalue weighted by Crippen LogP contribution is -2.04.